The number of aryl methyl sites for hydroxylation is 2. The summed E-state index contributed by atoms with van der Waals surface area (Å²) in [6.45, 7) is 0. The zero-order chi connectivity index (χ0) is 27.3. The molecule has 6 rings (SSSR count). The monoisotopic (exact) mass is 563 g/mol. The van der Waals surface area contributed by atoms with E-state index in [1.165, 1.54) is 22.7 Å². The van der Waals surface area contributed by atoms with Crippen LogP contribution < -0.4 is 5.32 Å². The zero-order valence-corrected chi connectivity index (χ0v) is 23.2. The van der Waals surface area contributed by atoms with Crippen LogP contribution in [0.1, 0.15) is 48.6 Å². The Kier molecular flexibility index (Phi) is 7.65. The SMILES string of the molecule is O=C(Cc1nnc(CCCCc2nnc(NC(=O)c3cccc4ccccc34)s2)s1)c1cccc2ccccc12. The number of rotatable bonds is 10. The van der Waals surface area contributed by atoms with Crippen LogP contribution in [0.25, 0.3) is 21.5 Å². The standard InChI is InChI=1S/C31H25N5O2S2/c37-26(24-15-7-11-20-9-1-3-13-22(20)24)19-29-35-33-27(39-29)17-5-6-18-28-34-36-31(40-28)32-30(38)25-16-8-12-21-10-2-4-14-23(21)25/h1-4,7-16H,5-6,17-19H2,(H,32,36,38). The molecule has 1 amide bonds. The Labute approximate surface area is 238 Å². The third kappa shape index (κ3) is 5.80. The van der Waals surface area contributed by atoms with Gasteiger partial charge in [0, 0.05) is 24.0 Å². The second-order valence-corrected chi connectivity index (χ2v) is 11.6. The molecule has 9 heteroatoms. The van der Waals surface area contributed by atoms with Gasteiger partial charge in [-0.3, -0.25) is 14.9 Å². The molecule has 0 bridgehead atoms. The maximum absolute atomic E-state index is 13.0. The molecule has 2 aromatic heterocycles. The lowest BCUT2D eigenvalue weighted by Gasteiger charge is -2.05. The largest absolute Gasteiger partial charge is 0.296 e. The molecule has 0 radical (unpaired) electrons. The minimum atomic E-state index is -0.189. The van der Waals surface area contributed by atoms with Crippen molar-refractivity contribution >= 4 is 61.0 Å². The average Bonchev–Trinajstić information content (AvgIpc) is 3.63. The van der Waals surface area contributed by atoms with Gasteiger partial charge in [0.25, 0.3) is 5.91 Å². The Bertz CT molecular complexity index is 1680. The van der Waals surface area contributed by atoms with Crippen molar-refractivity contribution in [2.45, 2.75) is 32.1 Å². The van der Waals surface area contributed by atoms with Gasteiger partial charge in [-0.15, -0.1) is 31.7 Å². The normalized spacial score (nSPS) is 11.2. The number of amides is 1. The molecule has 0 saturated carbocycles. The van der Waals surface area contributed by atoms with E-state index in [1.54, 1.807) is 0 Å². The summed E-state index contributed by atoms with van der Waals surface area (Å²) in [6.07, 6.45) is 3.65. The minimum Gasteiger partial charge on any atom is -0.296 e. The first-order chi connectivity index (χ1) is 19.6. The number of hydrogen-bond donors (Lipinski definition) is 1. The Balaban J connectivity index is 0.986. The van der Waals surface area contributed by atoms with Gasteiger partial charge >= 0.3 is 0 Å². The summed E-state index contributed by atoms with van der Waals surface area (Å²) in [7, 11) is 0. The zero-order valence-electron chi connectivity index (χ0n) is 21.5. The Morgan fingerprint density at radius 3 is 1.88 bits per heavy atom. The molecule has 0 aliphatic heterocycles. The number of nitrogens with zero attached hydrogens (tertiary/aromatic N) is 4. The van der Waals surface area contributed by atoms with Gasteiger partial charge in [-0.1, -0.05) is 90.2 Å². The van der Waals surface area contributed by atoms with Crippen molar-refractivity contribution in [3.05, 3.63) is 111 Å². The fourth-order valence-corrected chi connectivity index (χ4v) is 6.37. The topological polar surface area (TPSA) is 97.7 Å². The van der Waals surface area contributed by atoms with E-state index in [0.29, 0.717) is 10.7 Å². The van der Waals surface area contributed by atoms with Gasteiger partial charge in [-0.2, -0.15) is 0 Å². The summed E-state index contributed by atoms with van der Waals surface area (Å²) in [5, 5.41) is 26.9. The van der Waals surface area contributed by atoms with Crippen LogP contribution >= 0.6 is 22.7 Å². The van der Waals surface area contributed by atoms with Crippen LogP contribution in [-0.4, -0.2) is 32.1 Å². The lowest BCUT2D eigenvalue weighted by Crippen LogP contribution is -2.12. The highest BCUT2D eigenvalue weighted by atomic mass is 32.1. The summed E-state index contributed by atoms with van der Waals surface area (Å²) in [6, 6.07) is 27.2. The molecule has 0 saturated heterocycles. The maximum Gasteiger partial charge on any atom is 0.258 e. The van der Waals surface area contributed by atoms with Gasteiger partial charge in [-0.05, 0) is 40.5 Å². The fourth-order valence-electron chi connectivity index (χ4n) is 4.71. The van der Waals surface area contributed by atoms with Crippen LogP contribution in [0.15, 0.2) is 84.9 Å². The molecule has 1 N–H and O–H groups in total. The molecule has 0 unspecified atom stereocenters. The minimum absolute atomic E-state index is 0.0547. The van der Waals surface area contributed by atoms with Crippen molar-refractivity contribution in [1.82, 2.24) is 20.4 Å². The lowest BCUT2D eigenvalue weighted by molar-refractivity contribution is 0.0992. The fraction of sp³-hybridized carbons (Fsp3) is 0.161. The first-order valence-corrected chi connectivity index (χ1v) is 14.7. The van der Waals surface area contributed by atoms with Gasteiger partial charge < -0.3 is 0 Å². The molecule has 4 aromatic carbocycles. The second-order valence-electron chi connectivity index (χ2n) is 9.41. The van der Waals surface area contributed by atoms with Crippen LogP contribution in [0, 0.1) is 0 Å². The van der Waals surface area contributed by atoms with Gasteiger partial charge in [-0.25, -0.2) is 0 Å². The molecule has 0 aliphatic rings. The smallest absolute Gasteiger partial charge is 0.258 e. The first-order valence-electron chi connectivity index (χ1n) is 13.1. The number of unbranched alkanes of at least 4 members (excludes halogenated alkanes) is 1. The predicted molar refractivity (Wildman–Crippen MR) is 160 cm³/mol. The Morgan fingerprint density at radius 1 is 0.600 bits per heavy atom. The van der Waals surface area contributed by atoms with E-state index in [-0.39, 0.29) is 18.1 Å². The number of Topliss-reactive ketones (excluding diaryl/α,β-unsaturated/α-hetero) is 1. The third-order valence-electron chi connectivity index (χ3n) is 6.66. The molecular weight excluding hydrogens is 539 g/mol. The van der Waals surface area contributed by atoms with Gasteiger partial charge in [0.2, 0.25) is 5.13 Å². The van der Waals surface area contributed by atoms with Gasteiger partial charge in [0.15, 0.2) is 5.78 Å². The van der Waals surface area contributed by atoms with E-state index in [2.05, 4.69) is 25.7 Å². The number of anilines is 1. The maximum atomic E-state index is 13.0. The molecule has 198 valence electrons. The molecule has 0 atom stereocenters. The van der Waals surface area contributed by atoms with Crippen molar-refractivity contribution in [2.75, 3.05) is 5.32 Å². The number of carbonyl (C=O) groups is 2. The summed E-state index contributed by atoms with van der Waals surface area (Å²) in [5.41, 5.74) is 1.34. The Morgan fingerprint density at radius 2 is 1.15 bits per heavy atom. The predicted octanol–water partition coefficient (Wildman–Crippen LogP) is 6.94. The first kappa shape index (κ1) is 25.9. The third-order valence-corrected chi connectivity index (χ3v) is 8.54. The van der Waals surface area contributed by atoms with E-state index in [1.807, 2.05) is 84.9 Å². The van der Waals surface area contributed by atoms with Crippen molar-refractivity contribution in [3.8, 4) is 0 Å². The quantitative estimate of drug-likeness (QED) is 0.143. The van der Waals surface area contributed by atoms with Crippen LogP contribution in [-0.2, 0) is 19.3 Å². The number of carbonyl (C=O) groups excluding carboxylic acids is 2. The molecule has 0 spiro atoms. The Hall–Kier alpha value is -4.34. The van der Waals surface area contributed by atoms with E-state index in [4.69, 9.17) is 0 Å². The molecule has 40 heavy (non-hydrogen) atoms. The number of nitrogens with one attached hydrogen (secondary N) is 1. The molecule has 0 aliphatic carbocycles. The highest BCUT2D eigenvalue weighted by molar-refractivity contribution is 7.15. The van der Waals surface area contributed by atoms with Crippen LogP contribution in [0.5, 0.6) is 0 Å². The number of aromatic nitrogens is 4. The second kappa shape index (κ2) is 11.8. The van der Waals surface area contributed by atoms with Crippen molar-refractivity contribution in [1.29, 1.82) is 0 Å². The summed E-state index contributed by atoms with van der Waals surface area (Å²) < 4.78 is 0. The van der Waals surface area contributed by atoms with Gasteiger partial charge in [0.05, 0.1) is 6.42 Å². The van der Waals surface area contributed by atoms with Crippen LogP contribution in [0.4, 0.5) is 5.13 Å². The molecule has 2 heterocycles. The van der Waals surface area contributed by atoms with Crippen LogP contribution in [0.3, 0.4) is 0 Å². The number of fused-ring (bicyclic) bond motifs is 2. The van der Waals surface area contributed by atoms with E-state index in [9.17, 15) is 9.59 Å². The van der Waals surface area contributed by atoms with Crippen LogP contribution in [0.2, 0.25) is 0 Å². The van der Waals surface area contributed by atoms with Crippen molar-refractivity contribution in [2.24, 2.45) is 0 Å². The highest BCUT2D eigenvalue weighted by Gasteiger charge is 2.15. The van der Waals surface area contributed by atoms with E-state index in [0.717, 1.165) is 67.8 Å². The number of benzene rings is 4. The molecule has 7 nitrogen and oxygen atoms in total. The number of ketones is 1. The van der Waals surface area contributed by atoms with Crippen molar-refractivity contribution < 1.29 is 9.59 Å². The van der Waals surface area contributed by atoms with E-state index >= 15 is 0 Å². The summed E-state index contributed by atoms with van der Waals surface area (Å²) in [4.78, 5) is 25.8. The van der Waals surface area contributed by atoms with Crippen molar-refractivity contribution in [3.63, 3.8) is 0 Å². The molecule has 6 aromatic rings. The number of hydrogen-bond acceptors (Lipinski definition) is 8. The van der Waals surface area contributed by atoms with E-state index < -0.39 is 0 Å². The highest BCUT2D eigenvalue weighted by Crippen LogP contribution is 2.24. The molecule has 0 fully saturated rings. The summed E-state index contributed by atoms with van der Waals surface area (Å²) >= 11 is 2.90. The molecular formula is C31H25N5O2S2. The lowest BCUT2D eigenvalue weighted by atomic mass is 10.0. The summed E-state index contributed by atoms with van der Waals surface area (Å²) in [5.74, 6) is -0.135. The average molecular weight is 564 g/mol. The van der Waals surface area contributed by atoms with Gasteiger partial charge in [0.1, 0.15) is 15.0 Å².